The van der Waals surface area contributed by atoms with Gasteiger partial charge in [0.1, 0.15) is 0 Å². The van der Waals surface area contributed by atoms with E-state index in [9.17, 15) is 35.9 Å². The van der Waals surface area contributed by atoms with E-state index in [0.717, 1.165) is 0 Å². The van der Waals surface area contributed by atoms with E-state index in [-0.39, 0.29) is 29.0 Å². The molecule has 0 aliphatic rings. The van der Waals surface area contributed by atoms with Crippen LogP contribution >= 0.6 is 0 Å². The van der Waals surface area contributed by atoms with E-state index in [4.69, 9.17) is 0 Å². The van der Waals surface area contributed by atoms with Crippen molar-refractivity contribution in [2.24, 2.45) is 0 Å². The van der Waals surface area contributed by atoms with Crippen molar-refractivity contribution in [2.75, 3.05) is 24.7 Å². The number of benzene rings is 2. The smallest absolute Gasteiger partial charge is 0.345 e. The van der Waals surface area contributed by atoms with Crippen LogP contribution in [-0.2, 0) is 17.1 Å². The Balaban J connectivity index is 1.90. The highest BCUT2D eigenvalue weighted by Gasteiger charge is 2.37. The van der Waals surface area contributed by atoms with Crippen LogP contribution in [-0.4, -0.2) is 51.6 Å². The number of nitrogens with zero attached hydrogens (tertiary/aromatic N) is 4. The second-order valence-corrected chi connectivity index (χ2v) is 7.48. The molecule has 190 valence electrons. The highest BCUT2D eigenvalue weighted by Crippen LogP contribution is 2.37. The largest absolute Gasteiger partial charge is 0.416 e. The fourth-order valence-corrected chi connectivity index (χ4v) is 2.86. The number of H-pyrrole nitrogens is 1. The summed E-state index contributed by atoms with van der Waals surface area (Å²) in [6, 6.07) is 3.97. The van der Waals surface area contributed by atoms with Crippen LogP contribution < -0.4 is 10.6 Å². The minimum atomic E-state index is -5.07. The van der Waals surface area contributed by atoms with Gasteiger partial charge in [0.05, 0.1) is 16.8 Å². The van der Waals surface area contributed by atoms with E-state index >= 15 is 0 Å². The fourth-order valence-electron chi connectivity index (χ4n) is 2.86. The summed E-state index contributed by atoms with van der Waals surface area (Å²) in [5.74, 6) is -0.269. The quantitative estimate of drug-likeness (QED) is 0.339. The maximum absolute atomic E-state index is 13.1. The summed E-state index contributed by atoms with van der Waals surface area (Å²) in [5.41, 5.74) is -3.11. The first kappa shape index (κ1) is 26.2. The molecule has 0 bridgehead atoms. The zero-order valence-electron chi connectivity index (χ0n) is 18.5. The summed E-state index contributed by atoms with van der Waals surface area (Å²) in [5, 5.41) is 17.6. The molecule has 0 unspecified atom stereocenters. The van der Waals surface area contributed by atoms with Gasteiger partial charge >= 0.3 is 18.4 Å². The number of aromatic nitrogens is 4. The Morgan fingerprint density at radius 2 is 1.58 bits per heavy atom. The standard InChI is InChI=1S/C21H17F6N7O2/c1-34(2)17(35)6-4-11-3-5-16(15(7-11)18-30-32-33-31-18)29-19(36)28-14-9-12(20(22,23)24)8-13(10-14)21(25,26)27/h3-10H,1-2H3,(H2,28,29,36)(H,30,31,32,33). The third-order valence-electron chi connectivity index (χ3n) is 4.58. The Morgan fingerprint density at radius 1 is 0.944 bits per heavy atom. The van der Waals surface area contributed by atoms with Gasteiger partial charge < -0.3 is 15.5 Å². The number of halogens is 6. The number of amides is 3. The van der Waals surface area contributed by atoms with E-state index in [1.807, 2.05) is 5.32 Å². The molecule has 1 aromatic heterocycles. The van der Waals surface area contributed by atoms with Crippen LogP contribution in [0.15, 0.2) is 42.5 Å². The molecule has 2 aromatic carbocycles. The van der Waals surface area contributed by atoms with Gasteiger partial charge in [0, 0.05) is 31.4 Å². The molecular weight excluding hydrogens is 496 g/mol. The Labute approximate surface area is 199 Å². The highest BCUT2D eigenvalue weighted by molar-refractivity contribution is 6.02. The summed E-state index contributed by atoms with van der Waals surface area (Å²) < 4.78 is 78.5. The molecule has 1 heterocycles. The average molecular weight is 513 g/mol. The van der Waals surface area contributed by atoms with Gasteiger partial charge in [-0.05, 0) is 47.2 Å². The Morgan fingerprint density at radius 3 is 2.11 bits per heavy atom. The lowest BCUT2D eigenvalue weighted by molar-refractivity contribution is -0.143. The number of hydrogen-bond donors (Lipinski definition) is 3. The van der Waals surface area contributed by atoms with Crippen molar-refractivity contribution in [1.82, 2.24) is 25.5 Å². The number of carbonyl (C=O) groups excluding carboxylic acids is 2. The second kappa shape index (κ2) is 10.1. The van der Waals surface area contributed by atoms with Crippen LogP contribution in [0.4, 0.5) is 42.5 Å². The second-order valence-electron chi connectivity index (χ2n) is 7.48. The van der Waals surface area contributed by atoms with Gasteiger partial charge in [0.25, 0.3) is 0 Å². The number of urea groups is 1. The van der Waals surface area contributed by atoms with Crippen molar-refractivity contribution in [3.63, 3.8) is 0 Å². The molecule has 3 rings (SSSR count). The summed E-state index contributed by atoms with van der Waals surface area (Å²) >= 11 is 0. The molecule has 0 spiro atoms. The Hall–Kier alpha value is -4.43. The lowest BCUT2D eigenvalue weighted by Crippen LogP contribution is -2.21. The molecule has 36 heavy (non-hydrogen) atoms. The van der Waals surface area contributed by atoms with Crippen molar-refractivity contribution >= 4 is 29.4 Å². The third-order valence-corrected chi connectivity index (χ3v) is 4.58. The lowest BCUT2D eigenvalue weighted by Gasteiger charge is -2.15. The SMILES string of the molecule is CN(C)C(=O)C=Cc1ccc(NC(=O)Nc2cc(C(F)(F)F)cc(C(F)(F)F)c2)c(-c2nn[nH]n2)c1. The predicted octanol–water partition coefficient (Wildman–Crippen LogP) is 4.65. The third kappa shape index (κ3) is 6.58. The first-order valence-corrected chi connectivity index (χ1v) is 9.89. The van der Waals surface area contributed by atoms with Gasteiger partial charge in [-0.25, -0.2) is 4.79 Å². The molecule has 0 aliphatic carbocycles. The van der Waals surface area contributed by atoms with Gasteiger partial charge in [-0.15, -0.1) is 10.2 Å². The van der Waals surface area contributed by atoms with E-state index in [0.29, 0.717) is 17.7 Å². The Kier molecular flexibility index (Phi) is 7.31. The van der Waals surface area contributed by atoms with Crippen molar-refractivity contribution in [2.45, 2.75) is 12.4 Å². The maximum Gasteiger partial charge on any atom is 0.416 e. The molecule has 3 aromatic rings. The fraction of sp³-hybridized carbons (Fsp3) is 0.190. The zero-order chi connectivity index (χ0) is 26.7. The highest BCUT2D eigenvalue weighted by atomic mass is 19.4. The van der Waals surface area contributed by atoms with Crippen LogP contribution in [0.5, 0.6) is 0 Å². The van der Waals surface area contributed by atoms with Gasteiger partial charge in [0.2, 0.25) is 11.7 Å². The molecule has 3 amide bonds. The van der Waals surface area contributed by atoms with Crippen LogP contribution in [0.2, 0.25) is 0 Å². The zero-order valence-corrected chi connectivity index (χ0v) is 18.5. The number of anilines is 2. The minimum absolute atomic E-state index is 0.0258. The molecule has 0 aliphatic heterocycles. The molecule has 0 fully saturated rings. The van der Waals surface area contributed by atoms with E-state index < -0.39 is 35.2 Å². The molecule has 9 nitrogen and oxygen atoms in total. The maximum atomic E-state index is 13.1. The van der Waals surface area contributed by atoms with Crippen molar-refractivity contribution in [1.29, 1.82) is 0 Å². The monoisotopic (exact) mass is 513 g/mol. The van der Waals surface area contributed by atoms with Crippen LogP contribution in [0.3, 0.4) is 0 Å². The molecule has 0 saturated heterocycles. The van der Waals surface area contributed by atoms with E-state index in [1.54, 1.807) is 14.1 Å². The van der Waals surface area contributed by atoms with Gasteiger partial charge in [0.15, 0.2) is 0 Å². The average Bonchev–Trinajstić information content (AvgIpc) is 3.31. The summed E-state index contributed by atoms with van der Waals surface area (Å²) in [6.07, 6.45) is -7.37. The number of hydrogen-bond acceptors (Lipinski definition) is 5. The van der Waals surface area contributed by atoms with Gasteiger partial charge in [-0.1, -0.05) is 6.07 Å². The van der Waals surface area contributed by atoms with E-state index in [2.05, 4.69) is 25.9 Å². The number of tetrazole rings is 1. The molecule has 0 radical (unpaired) electrons. The summed E-state index contributed by atoms with van der Waals surface area (Å²) in [6.45, 7) is 0. The lowest BCUT2D eigenvalue weighted by atomic mass is 10.1. The number of likely N-dealkylation sites (N-methyl/N-ethyl adjacent to an activating group) is 1. The molecule has 3 N–H and O–H groups in total. The topological polar surface area (TPSA) is 116 Å². The molecule has 0 saturated carbocycles. The van der Waals surface area contributed by atoms with Crippen molar-refractivity contribution in [3.05, 3.63) is 59.2 Å². The van der Waals surface area contributed by atoms with Gasteiger partial charge in [-0.3, -0.25) is 4.79 Å². The van der Waals surface area contributed by atoms with Gasteiger partial charge in [-0.2, -0.15) is 31.6 Å². The minimum Gasteiger partial charge on any atom is -0.345 e. The van der Waals surface area contributed by atoms with Crippen LogP contribution in [0.25, 0.3) is 17.5 Å². The number of aromatic amines is 1. The number of rotatable bonds is 5. The van der Waals surface area contributed by atoms with Crippen molar-refractivity contribution < 1.29 is 35.9 Å². The van der Waals surface area contributed by atoms with Crippen molar-refractivity contribution in [3.8, 4) is 11.4 Å². The molecular formula is C21H17F6N7O2. The first-order chi connectivity index (χ1) is 16.7. The van der Waals surface area contributed by atoms with Crippen LogP contribution in [0.1, 0.15) is 16.7 Å². The predicted molar refractivity (Wildman–Crippen MR) is 116 cm³/mol. The Bertz CT molecular complexity index is 1250. The van der Waals surface area contributed by atoms with E-state index in [1.165, 1.54) is 35.3 Å². The van der Waals surface area contributed by atoms with Crippen LogP contribution in [0, 0.1) is 0 Å². The number of carbonyl (C=O) groups is 2. The number of nitrogens with one attached hydrogen (secondary N) is 3. The molecule has 0 atom stereocenters. The summed E-state index contributed by atoms with van der Waals surface area (Å²) in [7, 11) is 3.12. The molecule has 15 heteroatoms. The normalized spacial score (nSPS) is 12.0. The number of alkyl halides is 6. The summed E-state index contributed by atoms with van der Waals surface area (Å²) in [4.78, 5) is 25.6. The first-order valence-electron chi connectivity index (χ1n) is 9.89.